The third-order valence-corrected chi connectivity index (χ3v) is 5.39. The van der Waals surface area contributed by atoms with Crippen molar-refractivity contribution >= 4 is 22.0 Å². The van der Waals surface area contributed by atoms with E-state index in [1.54, 1.807) is 9.80 Å². The maximum Gasteiger partial charge on any atom is 0.410 e. The van der Waals surface area contributed by atoms with Crippen LogP contribution in [-0.2, 0) is 19.6 Å². The van der Waals surface area contributed by atoms with Gasteiger partial charge in [0.15, 0.2) is 0 Å². The van der Waals surface area contributed by atoms with E-state index in [2.05, 4.69) is 0 Å². The molecule has 8 nitrogen and oxygen atoms in total. The third kappa shape index (κ3) is 4.57. The average Bonchev–Trinajstić information content (AvgIpc) is 2.79. The zero-order valence-corrected chi connectivity index (χ0v) is 14.6. The fourth-order valence-electron chi connectivity index (χ4n) is 2.96. The highest BCUT2D eigenvalue weighted by Crippen LogP contribution is 2.25. The van der Waals surface area contributed by atoms with Gasteiger partial charge in [0.25, 0.3) is 0 Å². The summed E-state index contributed by atoms with van der Waals surface area (Å²) >= 11 is 0. The van der Waals surface area contributed by atoms with E-state index in [0.717, 1.165) is 0 Å². The molecule has 2 fully saturated rings. The summed E-state index contributed by atoms with van der Waals surface area (Å²) in [6.07, 6.45) is 0.821. The predicted octanol–water partition coefficient (Wildman–Crippen LogP) is 0.275. The summed E-state index contributed by atoms with van der Waals surface area (Å²) in [7, 11) is -3.70. The number of sulfonamides is 1. The van der Waals surface area contributed by atoms with Crippen molar-refractivity contribution < 1.29 is 22.7 Å². The highest BCUT2D eigenvalue weighted by atomic mass is 32.2. The number of piperidine rings is 1. The summed E-state index contributed by atoms with van der Waals surface area (Å²) in [5.41, 5.74) is -0.540. The number of likely N-dealkylation sites (tertiary alicyclic amines) is 2. The first kappa shape index (κ1) is 18.0. The lowest BCUT2D eigenvalue weighted by Crippen LogP contribution is -2.48. The fraction of sp³-hybridized carbons (Fsp3) is 0.857. The van der Waals surface area contributed by atoms with Gasteiger partial charge in [0.05, 0.1) is 0 Å². The van der Waals surface area contributed by atoms with Crippen LogP contribution in [-0.4, -0.2) is 66.7 Å². The molecule has 0 bridgehead atoms. The molecule has 1 atom stereocenters. The van der Waals surface area contributed by atoms with Crippen molar-refractivity contribution in [1.82, 2.24) is 9.80 Å². The number of hydrogen-bond donors (Lipinski definition) is 1. The number of carbonyl (C=O) groups is 2. The zero-order chi connectivity index (χ0) is 17.4. The van der Waals surface area contributed by atoms with Crippen LogP contribution >= 0.6 is 0 Å². The third-order valence-electron chi connectivity index (χ3n) is 4.14. The van der Waals surface area contributed by atoms with Gasteiger partial charge in [0, 0.05) is 32.1 Å². The monoisotopic (exact) mass is 347 g/mol. The van der Waals surface area contributed by atoms with Crippen LogP contribution in [0, 0.1) is 0 Å². The summed E-state index contributed by atoms with van der Waals surface area (Å²) in [5, 5.41) is 4.32. The van der Waals surface area contributed by atoms with Crippen LogP contribution in [0.2, 0.25) is 0 Å². The molecule has 2 saturated heterocycles. The Balaban J connectivity index is 1.90. The van der Waals surface area contributed by atoms with Gasteiger partial charge in [-0.05, 0) is 33.6 Å². The van der Waals surface area contributed by atoms with E-state index >= 15 is 0 Å². The highest BCUT2D eigenvalue weighted by Gasteiger charge is 2.41. The topological polar surface area (TPSA) is 110 Å². The van der Waals surface area contributed by atoms with Gasteiger partial charge in [-0.25, -0.2) is 18.4 Å². The van der Waals surface area contributed by atoms with Gasteiger partial charge >= 0.3 is 6.09 Å². The lowest BCUT2D eigenvalue weighted by Gasteiger charge is -2.37. The minimum absolute atomic E-state index is 0.0482. The van der Waals surface area contributed by atoms with Gasteiger partial charge in [0.2, 0.25) is 15.9 Å². The summed E-state index contributed by atoms with van der Waals surface area (Å²) in [5.74, 6) is -0.181. The van der Waals surface area contributed by atoms with E-state index in [-0.39, 0.29) is 31.0 Å². The zero-order valence-electron chi connectivity index (χ0n) is 13.8. The van der Waals surface area contributed by atoms with Crippen molar-refractivity contribution in [1.29, 1.82) is 0 Å². The minimum atomic E-state index is -3.70. The molecule has 2 aliphatic heterocycles. The van der Waals surface area contributed by atoms with E-state index in [0.29, 0.717) is 25.9 Å². The fourth-order valence-corrected chi connectivity index (χ4v) is 3.70. The van der Waals surface area contributed by atoms with E-state index in [4.69, 9.17) is 9.88 Å². The number of ether oxygens (including phenoxy) is 1. The molecule has 132 valence electrons. The molecule has 2 heterocycles. The maximum absolute atomic E-state index is 12.0. The molecule has 2 amide bonds. The van der Waals surface area contributed by atoms with Crippen molar-refractivity contribution in [3.8, 4) is 0 Å². The second-order valence-corrected chi connectivity index (χ2v) is 9.00. The molecule has 9 heteroatoms. The second kappa shape index (κ2) is 6.27. The summed E-state index contributed by atoms with van der Waals surface area (Å²) in [4.78, 5) is 27.3. The van der Waals surface area contributed by atoms with Crippen molar-refractivity contribution in [2.24, 2.45) is 5.14 Å². The largest absolute Gasteiger partial charge is 0.444 e. The van der Waals surface area contributed by atoms with Crippen LogP contribution < -0.4 is 5.14 Å². The Labute approximate surface area is 137 Å². The van der Waals surface area contributed by atoms with Gasteiger partial charge in [0.1, 0.15) is 10.9 Å². The second-order valence-electron chi connectivity index (χ2n) is 7.16. The van der Waals surface area contributed by atoms with Gasteiger partial charge in [-0.15, -0.1) is 0 Å². The molecule has 0 aliphatic carbocycles. The van der Waals surface area contributed by atoms with Crippen molar-refractivity contribution in [2.45, 2.75) is 56.9 Å². The van der Waals surface area contributed by atoms with E-state index in [1.165, 1.54) is 0 Å². The molecule has 0 radical (unpaired) electrons. The Morgan fingerprint density at radius 3 is 2.26 bits per heavy atom. The van der Waals surface area contributed by atoms with Crippen molar-refractivity contribution in [3.05, 3.63) is 0 Å². The first-order valence-corrected chi connectivity index (χ1v) is 9.37. The summed E-state index contributed by atoms with van der Waals surface area (Å²) in [6, 6.07) is -0.0482. The highest BCUT2D eigenvalue weighted by molar-refractivity contribution is 7.89. The van der Waals surface area contributed by atoms with Crippen LogP contribution in [0.25, 0.3) is 0 Å². The quantitative estimate of drug-likeness (QED) is 0.771. The van der Waals surface area contributed by atoms with Gasteiger partial charge in [-0.3, -0.25) is 4.79 Å². The first-order valence-electron chi connectivity index (χ1n) is 7.76. The average molecular weight is 347 g/mol. The van der Waals surface area contributed by atoms with Gasteiger partial charge < -0.3 is 14.5 Å². The van der Waals surface area contributed by atoms with Crippen LogP contribution in [0.4, 0.5) is 4.79 Å². The molecule has 0 saturated carbocycles. The number of rotatable bonds is 2. The number of nitrogens with two attached hydrogens (primary N) is 1. The minimum Gasteiger partial charge on any atom is -0.444 e. The standard InChI is InChI=1S/C14H25N3O5S/c1-14(2,3)22-13(19)16-6-4-10(5-7-16)17-9-11(8-12(17)18)23(15,20)21/h10-11H,4-9H2,1-3H3,(H2,15,20,21). The Kier molecular flexibility index (Phi) is 4.91. The number of primary sulfonamides is 1. The van der Waals surface area contributed by atoms with E-state index < -0.39 is 20.9 Å². The Hall–Kier alpha value is -1.35. The first-order chi connectivity index (χ1) is 10.5. The molecule has 2 N–H and O–H groups in total. The molecule has 23 heavy (non-hydrogen) atoms. The van der Waals surface area contributed by atoms with Crippen LogP contribution in [0.15, 0.2) is 0 Å². The molecule has 1 unspecified atom stereocenters. The molecule has 0 aromatic rings. The van der Waals surface area contributed by atoms with E-state index in [1.807, 2.05) is 20.8 Å². The SMILES string of the molecule is CC(C)(C)OC(=O)N1CCC(N2CC(S(N)(=O)=O)CC2=O)CC1. The van der Waals surface area contributed by atoms with E-state index in [9.17, 15) is 18.0 Å². The van der Waals surface area contributed by atoms with Gasteiger partial charge in [-0.1, -0.05) is 0 Å². The lowest BCUT2D eigenvalue weighted by atomic mass is 10.0. The Bertz CT molecular complexity index is 576. The number of carbonyl (C=O) groups excluding carboxylic acids is 2. The number of hydrogen-bond acceptors (Lipinski definition) is 5. The van der Waals surface area contributed by atoms with Gasteiger partial charge in [-0.2, -0.15) is 0 Å². The molecular formula is C14H25N3O5S. The molecule has 0 spiro atoms. The molecule has 2 rings (SSSR count). The number of amides is 2. The lowest BCUT2D eigenvalue weighted by molar-refractivity contribution is -0.130. The van der Waals surface area contributed by atoms with Crippen LogP contribution in [0.1, 0.15) is 40.0 Å². The Morgan fingerprint density at radius 2 is 1.83 bits per heavy atom. The summed E-state index contributed by atoms with van der Waals surface area (Å²) < 4.78 is 28.2. The maximum atomic E-state index is 12.0. The molecular weight excluding hydrogens is 322 g/mol. The molecule has 2 aliphatic rings. The summed E-state index contributed by atoms with van der Waals surface area (Å²) in [6.45, 7) is 6.57. The molecule has 0 aromatic carbocycles. The smallest absolute Gasteiger partial charge is 0.410 e. The predicted molar refractivity (Wildman–Crippen MR) is 84.1 cm³/mol. The van der Waals surface area contributed by atoms with Crippen LogP contribution in [0.3, 0.4) is 0 Å². The Morgan fingerprint density at radius 1 is 1.26 bits per heavy atom. The molecule has 0 aromatic heterocycles. The normalized spacial score (nSPS) is 24.2. The van der Waals surface area contributed by atoms with Crippen LogP contribution in [0.5, 0.6) is 0 Å². The van der Waals surface area contributed by atoms with Crippen molar-refractivity contribution in [3.63, 3.8) is 0 Å². The number of nitrogens with zero attached hydrogens (tertiary/aromatic N) is 2. The van der Waals surface area contributed by atoms with Crippen molar-refractivity contribution in [2.75, 3.05) is 19.6 Å².